The van der Waals surface area contributed by atoms with Crippen molar-refractivity contribution in [2.75, 3.05) is 26.2 Å². The highest BCUT2D eigenvalue weighted by atomic mass is 32.1. The molecule has 7 heteroatoms. The second-order valence-corrected chi connectivity index (χ2v) is 7.20. The lowest BCUT2D eigenvalue weighted by atomic mass is 10.2. The summed E-state index contributed by atoms with van der Waals surface area (Å²) >= 11 is 3.28. The molecule has 0 unspecified atom stereocenters. The lowest BCUT2D eigenvalue weighted by Gasteiger charge is -2.31. The third-order valence-corrected chi connectivity index (χ3v) is 5.40. The van der Waals surface area contributed by atoms with E-state index in [1.807, 2.05) is 29.8 Å². The van der Waals surface area contributed by atoms with E-state index in [-0.39, 0.29) is 12.0 Å². The van der Waals surface area contributed by atoms with Crippen molar-refractivity contribution in [3.63, 3.8) is 0 Å². The van der Waals surface area contributed by atoms with Crippen LogP contribution in [0.2, 0.25) is 0 Å². The molecule has 1 fully saturated rings. The van der Waals surface area contributed by atoms with Crippen molar-refractivity contribution in [3.05, 3.63) is 38.5 Å². The predicted octanol–water partition coefficient (Wildman–Crippen LogP) is 2.20. The van der Waals surface area contributed by atoms with Gasteiger partial charge in [0.25, 0.3) is 0 Å². The van der Waals surface area contributed by atoms with Crippen molar-refractivity contribution in [2.45, 2.75) is 19.6 Å². The Morgan fingerprint density at radius 1 is 1.55 bits per heavy atom. The average molecular weight is 337 g/mol. The maximum Gasteiger partial charge on any atom is 0.234 e. The van der Waals surface area contributed by atoms with Gasteiger partial charge in [-0.2, -0.15) is 0 Å². The van der Waals surface area contributed by atoms with Crippen LogP contribution in [-0.2, 0) is 16.1 Å². The van der Waals surface area contributed by atoms with Crippen molar-refractivity contribution in [3.8, 4) is 0 Å². The van der Waals surface area contributed by atoms with E-state index in [9.17, 15) is 4.79 Å². The van der Waals surface area contributed by atoms with Gasteiger partial charge in [0.2, 0.25) is 5.91 Å². The van der Waals surface area contributed by atoms with Gasteiger partial charge in [0.05, 0.1) is 19.7 Å². The van der Waals surface area contributed by atoms with Crippen LogP contribution in [0, 0.1) is 6.92 Å². The molecular weight excluding hydrogens is 318 g/mol. The molecule has 0 saturated carbocycles. The molecule has 0 radical (unpaired) electrons. The molecule has 5 nitrogen and oxygen atoms in total. The average Bonchev–Trinajstić information content (AvgIpc) is 3.17. The number of thiophene rings is 1. The number of nitrogens with zero attached hydrogens (tertiary/aromatic N) is 2. The molecule has 118 valence electrons. The number of aromatic nitrogens is 1. The first-order chi connectivity index (χ1) is 10.7. The van der Waals surface area contributed by atoms with Crippen LogP contribution in [-0.4, -0.2) is 42.0 Å². The molecule has 2 aromatic rings. The molecule has 0 aliphatic carbocycles. The van der Waals surface area contributed by atoms with Gasteiger partial charge in [-0.05, 0) is 18.4 Å². The Morgan fingerprint density at radius 3 is 3.18 bits per heavy atom. The Labute approximate surface area is 137 Å². The first-order valence-electron chi connectivity index (χ1n) is 7.26. The summed E-state index contributed by atoms with van der Waals surface area (Å²) in [7, 11) is 0. The third-order valence-electron chi connectivity index (χ3n) is 3.47. The topological polar surface area (TPSA) is 54.5 Å². The van der Waals surface area contributed by atoms with Gasteiger partial charge in [-0.25, -0.2) is 4.98 Å². The Bertz CT molecular complexity index is 612. The summed E-state index contributed by atoms with van der Waals surface area (Å²) in [5, 5.41) is 8.02. The van der Waals surface area contributed by atoms with Crippen LogP contribution in [0.15, 0.2) is 22.9 Å². The van der Waals surface area contributed by atoms with Crippen LogP contribution in [0.25, 0.3) is 0 Å². The molecule has 1 amide bonds. The molecule has 3 rings (SSSR count). The number of amides is 1. The minimum Gasteiger partial charge on any atom is -0.368 e. The number of thiazole rings is 1. The minimum atomic E-state index is -0.0162. The van der Waals surface area contributed by atoms with Gasteiger partial charge in [-0.15, -0.1) is 22.7 Å². The van der Waals surface area contributed by atoms with Crippen LogP contribution in [0.4, 0.5) is 0 Å². The number of aryl methyl sites for hydroxylation is 1. The summed E-state index contributed by atoms with van der Waals surface area (Å²) in [6.45, 7) is 5.15. The normalized spacial score (nSPS) is 19.2. The monoisotopic (exact) mass is 337 g/mol. The van der Waals surface area contributed by atoms with Crippen molar-refractivity contribution < 1.29 is 9.53 Å². The van der Waals surface area contributed by atoms with Crippen molar-refractivity contribution in [1.29, 1.82) is 0 Å². The smallest absolute Gasteiger partial charge is 0.234 e. The number of carbonyl (C=O) groups is 1. The second-order valence-electron chi connectivity index (χ2n) is 5.28. The standard InChI is InChI=1S/C15H19N3O2S2/c1-11-10-22-15(17-11)13-8-18(4-5-20-13)9-14(19)16-7-12-3-2-6-21-12/h2-3,6,10,13H,4-5,7-9H2,1H3,(H,16,19)/t13-/m1/s1. The van der Waals surface area contributed by atoms with Crippen molar-refractivity contribution >= 4 is 28.6 Å². The predicted molar refractivity (Wildman–Crippen MR) is 88.1 cm³/mol. The first-order valence-corrected chi connectivity index (χ1v) is 9.01. The quantitative estimate of drug-likeness (QED) is 0.909. The first kappa shape index (κ1) is 15.6. The van der Waals surface area contributed by atoms with Gasteiger partial charge in [-0.3, -0.25) is 9.69 Å². The zero-order valence-corrected chi connectivity index (χ0v) is 14.1. The highest BCUT2D eigenvalue weighted by molar-refractivity contribution is 7.10. The maximum atomic E-state index is 12.1. The van der Waals surface area contributed by atoms with Crippen LogP contribution < -0.4 is 5.32 Å². The molecular formula is C15H19N3O2S2. The van der Waals surface area contributed by atoms with Crippen molar-refractivity contribution in [2.24, 2.45) is 0 Å². The summed E-state index contributed by atoms with van der Waals surface area (Å²) in [6, 6.07) is 4.02. The third kappa shape index (κ3) is 4.13. The van der Waals surface area contributed by atoms with E-state index >= 15 is 0 Å². The molecule has 1 saturated heterocycles. The molecule has 0 aromatic carbocycles. The Morgan fingerprint density at radius 2 is 2.45 bits per heavy atom. The maximum absolute atomic E-state index is 12.1. The molecule has 1 atom stereocenters. The van der Waals surface area contributed by atoms with Gasteiger partial charge in [-0.1, -0.05) is 6.07 Å². The second kappa shape index (κ2) is 7.32. The van der Waals surface area contributed by atoms with Gasteiger partial charge in [0.15, 0.2) is 0 Å². The molecule has 3 heterocycles. The molecule has 2 aromatic heterocycles. The zero-order chi connectivity index (χ0) is 15.4. The molecule has 1 aliphatic heterocycles. The molecule has 22 heavy (non-hydrogen) atoms. The summed E-state index contributed by atoms with van der Waals surface area (Å²) in [6.07, 6.45) is -0.0162. The lowest BCUT2D eigenvalue weighted by Crippen LogP contribution is -2.44. The molecule has 0 bridgehead atoms. The van der Waals surface area contributed by atoms with Gasteiger partial charge < -0.3 is 10.1 Å². The van der Waals surface area contributed by atoms with E-state index < -0.39 is 0 Å². The molecule has 1 N–H and O–H groups in total. The minimum absolute atomic E-state index is 0.0162. The van der Waals surface area contributed by atoms with Crippen LogP contribution in [0.5, 0.6) is 0 Å². The fraction of sp³-hybridized carbons (Fsp3) is 0.467. The number of carbonyl (C=O) groups excluding carboxylic acids is 1. The SMILES string of the molecule is Cc1csc([C@H]2CN(CC(=O)NCc3cccs3)CCO2)n1. The summed E-state index contributed by atoms with van der Waals surface area (Å²) in [5.74, 6) is 0.0596. The van der Waals surface area contributed by atoms with Gasteiger partial charge >= 0.3 is 0 Å². The van der Waals surface area contributed by atoms with Crippen LogP contribution >= 0.6 is 22.7 Å². The van der Waals surface area contributed by atoms with E-state index in [0.29, 0.717) is 19.7 Å². The van der Waals surface area contributed by atoms with Crippen LogP contribution in [0.1, 0.15) is 21.7 Å². The van der Waals surface area contributed by atoms with Crippen LogP contribution in [0.3, 0.4) is 0 Å². The highest BCUT2D eigenvalue weighted by Crippen LogP contribution is 2.24. The number of morpholine rings is 1. The summed E-state index contributed by atoms with van der Waals surface area (Å²) in [4.78, 5) is 19.8. The number of nitrogens with one attached hydrogen (secondary N) is 1. The zero-order valence-electron chi connectivity index (χ0n) is 12.4. The number of rotatable bonds is 5. The van der Waals surface area contributed by atoms with E-state index in [1.54, 1.807) is 22.7 Å². The summed E-state index contributed by atoms with van der Waals surface area (Å²) < 4.78 is 5.78. The highest BCUT2D eigenvalue weighted by Gasteiger charge is 2.25. The van der Waals surface area contributed by atoms with E-state index in [2.05, 4.69) is 15.2 Å². The lowest BCUT2D eigenvalue weighted by molar-refractivity contribution is -0.124. The molecule has 1 aliphatic rings. The fourth-order valence-corrected chi connectivity index (χ4v) is 3.85. The Kier molecular flexibility index (Phi) is 5.20. The Balaban J connectivity index is 1.48. The van der Waals surface area contributed by atoms with E-state index in [4.69, 9.17) is 4.74 Å². The largest absolute Gasteiger partial charge is 0.368 e. The van der Waals surface area contributed by atoms with Crippen molar-refractivity contribution in [1.82, 2.24) is 15.2 Å². The van der Waals surface area contributed by atoms with E-state index in [0.717, 1.165) is 23.8 Å². The molecule has 0 spiro atoms. The summed E-state index contributed by atoms with van der Waals surface area (Å²) in [5.41, 5.74) is 1.02. The fourth-order valence-electron chi connectivity index (χ4n) is 2.37. The Hall–Kier alpha value is -1.28. The van der Waals surface area contributed by atoms with E-state index in [1.165, 1.54) is 4.88 Å². The number of hydrogen-bond acceptors (Lipinski definition) is 6. The van der Waals surface area contributed by atoms with Gasteiger partial charge in [0.1, 0.15) is 11.1 Å². The number of hydrogen-bond donors (Lipinski definition) is 1. The number of ether oxygens (including phenoxy) is 1. The van der Waals surface area contributed by atoms with Gasteiger partial charge in [0, 0.05) is 29.0 Å².